The second-order valence-electron chi connectivity index (χ2n) is 7.75. The summed E-state index contributed by atoms with van der Waals surface area (Å²) in [6, 6.07) is 12.4. The zero-order chi connectivity index (χ0) is 17.6. The summed E-state index contributed by atoms with van der Waals surface area (Å²) in [7, 11) is 0. The van der Waals surface area contributed by atoms with Crippen molar-refractivity contribution in [2.45, 2.75) is 44.1 Å². The molecule has 2 aromatic rings. The van der Waals surface area contributed by atoms with E-state index in [1.807, 2.05) is 18.2 Å². The van der Waals surface area contributed by atoms with Crippen LogP contribution >= 0.6 is 0 Å². The first-order valence-electron chi connectivity index (χ1n) is 9.64. The Labute approximate surface area is 153 Å². The minimum Gasteiger partial charge on any atom is -0.376 e. The van der Waals surface area contributed by atoms with Gasteiger partial charge in [0.1, 0.15) is 5.54 Å². The molecule has 1 saturated heterocycles. The number of rotatable bonds is 3. The van der Waals surface area contributed by atoms with Gasteiger partial charge in [0.25, 0.3) is 0 Å². The molecule has 26 heavy (non-hydrogen) atoms. The molecule has 2 amide bonds. The molecule has 134 valence electrons. The van der Waals surface area contributed by atoms with Crippen molar-refractivity contribution in [3.63, 3.8) is 0 Å². The number of urea groups is 1. The Morgan fingerprint density at radius 2 is 1.58 bits per heavy atom. The molecule has 2 aromatic carbocycles. The molecule has 5 rings (SSSR count). The van der Waals surface area contributed by atoms with Crippen molar-refractivity contribution in [1.82, 2.24) is 5.32 Å². The van der Waals surface area contributed by atoms with Crippen LogP contribution in [-0.2, 0) is 36.0 Å². The van der Waals surface area contributed by atoms with E-state index in [0.717, 1.165) is 36.9 Å². The van der Waals surface area contributed by atoms with Gasteiger partial charge in [-0.2, -0.15) is 0 Å². The number of carbonyl (C=O) groups excluding carboxylic acids is 1. The maximum atomic E-state index is 12.9. The van der Waals surface area contributed by atoms with Crippen LogP contribution in [0.15, 0.2) is 36.4 Å². The van der Waals surface area contributed by atoms with Gasteiger partial charge in [-0.3, -0.25) is 0 Å². The van der Waals surface area contributed by atoms with Crippen LogP contribution in [0.3, 0.4) is 0 Å². The molecule has 4 heteroatoms. The minimum absolute atomic E-state index is 0.119. The number of hydrogen-bond acceptors (Lipinski definition) is 2. The summed E-state index contributed by atoms with van der Waals surface area (Å²) in [6.45, 7) is 1.05. The molecule has 2 aliphatic carbocycles. The Balaban J connectivity index is 1.42. The third-order valence-electron chi connectivity index (χ3n) is 6.09. The van der Waals surface area contributed by atoms with Gasteiger partial charge in [-0.1, -0.05) is 36.4 Å². The predicted octanol–water partition coefficient (Wildman–Crippen LogP) is 3.71. The van der Waals surface area contributed by atoms with Crippen molar-refractivity contribution in [1.29, 1.82) is 0 Å². The van der Waals surface area contributed by atoms with Gasteiger partial charge in [0.2, 0.25) is 0 Å². The van der Waals surface area contributed by atoms with Crippen molar-refractivity contribution in [3.05, 3.63) is 64.2 Å². The molecule has 2 N–H and O–H groups in total. The highest BCUT2D eigenvalue weighted by Gasteiger charge is 2.42. The molecule has 1 aliphatic heterocycles. The predicted molar refractivity (Wildman–Crippen MR) is 102 cm³/mol. The average Bonchev–Trinajstić information content (AvgIpc) is 3.27. The number of aryl methyl sites for hydroxylation is 2. The molecule has 0 bridgehead atoms. The number of nitrogens with one attached hydrogen (secondary N) is 2. The van der Waals surface area contributed by atoms with Crippen molar-refractivity contribution >= 4 is 11.7 Å². The lowest BCUT2D eigenvalue weighted by Crippen LogP contribution is -2.60. The van der Waals surface area contributed by atoms with Crippen molar-refractivity contribution in [2.75, 3.05) is 18.5 Å². The quantitative estimate of drug-likeness (QED) is 0.888. The van der Waals surface area contributed by atoms with Crippen LogP contribution in [0.4, 0.5) is 10.5 Å². The van der Waals surface area contributed by atoms with E-state index < -0.39 is 5.54 Å². The molecular weight excluding hydrogens is 324 g/mol. The molecule has 4 nitrogen and oxygen atoms in total. The fourth-order valence-corrected chi connectivity index (χ4v) is 4.70. The van der Waals surface area contributed by atoms with Gasteiger partial charge in [-0.25, -0.2) is 4.79 Å². The van der Waals surface area contributed by atoms with Crippen LogP contribution in [0.1, 0.15) is 40.7 Å². The van der Waals surface area contributed by atoms with Crippen LogP contribution in [0.25, 0.3) is 0 Å². The Morgan fingerprint density at radius 3 is 2.15 bits per heavy atom. The zero-order valence-electron chi connectivity index (χ0n) is 14.9. The number of anilines is 1. The Bertz CT molecular complexity index is 824. The van der Waals surface area contributed by atoms with Crippen molar-refractivity contribution < 1.29 is 9.53 Å². The summed E-state index contributed by atoms with van der Waals surface area (Å²) in [5.41, 5.74) is 7.38. The lowest BCUT2D eigenvalue weighted by Gasteiger charge is -2.42. The maximum absolute atomic E-state index is 12.9. The smallest absolute Gasteiger partial charge is 0.320 e. The molecular formula is C22H24N2O2. The van der Waals surface area contributed by atoms with E-state index in [0.29, 0.717) is 13.2 Å². The fraction of sp³-hybridized carbons (Fsp3) is 0.409. The van der Waals surface area contributed by atoms with Gasteiger partial charge in [-0.15, -0.1) is 0 Å². The topological polar surface area (TPSA) is 50.4 Å². The van der Waals surface area contributed by atoms with E-state index >= 15 is 0 Å². The number of carbonyl (C=O) groups is 1. The number of ether oxygens (including phenoxy) is 1. The molecule has 0 atom stereocenters. The molecule has 0 unspecified atom stereocenters. The Hall–Kier alpha value is -2.33. The standard InChI is InChI=1S/C22H24N2O2/c25-21(24-22(13-26-14-22)17-8-2-1-3-9-17)23-20-18-10-4-6-15(18)12-16-7-5-11-19(16)20/h1-3,8-9,12H,4-7,10-11,13-14H2,(H2,23,24,25). The van der Waals surface area contributed by atoms with E-state index in [2.05, 4.69) is 28.8 Å². The molecule has 0 radical (unpaired) electrons. The molecule has 3 aliphatic rings. The lowest BCUT2D eigenvalue weighted by atomic mass is 9.88. The number of benzene rings is 2. The molecule has 0 saturated carbocycles. The summed E-state index contributed by atoms with van der Waals surface area (Å²) in [4.78, 5) is 12.9. The average molecular weight is 348 g/mol. The summed E-state index contributed by atoms with van der Waals surface area (Å²) < 4.78 is 5.45. The molecule has 1 heterocycles. The van der Waals surface area contributed by atoms with Crippen LogP contribution in [0.2, 0.25) is 0 Å². The van der Waals surface area contributed by atoms with E-state index in [1.165, 1.54) is 35.1 Å². The summed E-state index contributed by atoms with van der Waals surface area (Å²) in [6.07, 6.45) is 6.81. The molecule has 1 fully saturated rings. The van der Waals surface area contributed by atoms with Crippen molar-refractivity contribution in [3.8, 4) is 0 Å². The molecule has 0 spiro atoms. The van der Waals surface area contributed by atoms with Crippen molar-refractivity contribution in [2.24, 2.45) is 0 Å². The Kier molecular flexibility index (Phi) is 3.75. The van der Waals surface area contributed by atoms with Gasteiger partial charge in [0, 0.05) is 5.69 Å². The first kappa shape index (κ1) is 15.9. The van der Waals surface area contributed by atoms with Gasteiger partial charge >= 0.3 is 6.03 Å². The number of amides is 2. The van der Waals surface area contributed by atoms with Gasteiger partial charge in [0.05, 0.1) is 13.2 Å². The highest BCUT2D eigenvalue weighted by atomic mass is 16.5. The highest BCUT2D eigenvalue weighted by Crippen LogP contribution is 2.39. The first-order chi connectivity index (χ1) is 12.8. The second-order valence-corrected chi connectivity index (χ2v) is 7.75. The summed E-state index contributed by atoms with van der Waals surface area (Å²) >= 11 is 0. The van der Waals surface area contributed by atoms with E-state index in [9.17, 15) is 4.79 Å². The highest BCUT2D eigenvalue weighted by molar-refractivity contribution is 5.92. The van der Waals surface area contributed by atoms with E-state index in [1.54, 1.807) is 0 Å². The zero-order valence-corrected chi connectivity index (χ0v) is 14.9. The van der Waals surface area contributed by atoms with Gasteiger partial charge < -0.3 is 15.4 Å². The third kappa shape index (κ3) is 2.52. The lowest BCUT2D eigenvalue weighted by molar-refractivity contribution is -0.0709. The first-order valence-corrected chi connectivity index (χ1v) is 9.64. The number of fused-ring (bicyclic) bond motifs is 2. The van der Waals surface area contributed by atoms with Crippen LogP contribution < -0.4 is 10.6 Å². The summed E-state index contributed by atoms with van der Waals surface area (Å²) in [5.74, 6) is 0. The summed E-state index contributed by atoms with van der Waals surface area (Å²) in [5, 5.41) is 6.43. The van der Waals surface area contributed by atoms with E-state index in [-0.39, 0.29) is 6.03 Å². The van der Waals surface area contributed by atoms with Crippen LogP contribution in [0, 0.1) is 0 Å². The van der Waals surface area contributed by atoms with Gasteiger partial charge in [-0.05, 0) is 66.3 Å². The fourth-order valence-electron chi connectivity index (χ4n) is 4.70. The normalized spacial score (nSPS) is 19.4. The van der Waals surface area contributed by atoms with E-state index in [4.69, 9.17) is 4.74 Å². The monoisotopic (exact) mass is 348 g/mol. The SMILES string of the molecule is O=C(Nc1c2c(cc3c1CCC3)CCC2)NC1(c2ccccc2)COC1. The van der Waals surface area contributed by atoms with Gasteiger partial charge in [0.15, 0.2) is 0 Å². The second kappa shape index (κ2) is 6.13. The number of hydrogen-bond donors (Lipinski definition) is 2. The van der Waals surface area contributed by atoms with Crippen LogP contribution in [-0.4, -0.2) is 19.2 Å². The third-order valence-corrected chi connectivity index (χ3v) is 6.09. The molecule has 0 aromatic heterocycles. The minimum atomic E-state index is -0.410. The largest absolute Gasteiger partial charge is 0.376 e. The maximum Gasteiger partial charge on any atom is 0.320 e. The van der Waals surface area contributed by atoms with Crippen LogP contribution in [0.5, 0.6) is 0 Å². The Morgan fingerprint density at radius 1 is 0.923 bits per heavy atom.